The van der Waals surface area contributed by atoms with Crippen molar-refractivity contribution in [2.75, 3.05) is 4.90 Å². The van der Waals surface area contributed by atoms with Crippen LogP contribution in [0.15, 0.2) is 45.8 Å². The summed E-state index contributed by atoms with van der Waals surface area (Å²) >= 11 is 15.9. The maximum Gasteiger partial charge on any atom is 0.298 e. The number of anilines is 1. The summed E-state index contributed by atoms with van der Waals surface area (Å²) in [7, 11) is 0. The Labute approximate surface area is 160 Å². The highest BCUT2D eigenvalue weighted by atomic mass is 79.9. The van der Waals surface area contributed by atoms with Crippen molar-refractivity contribution < 1.29 is 14.7 Å². The molecule has 24 heavy (non-hydrogen) atoms. The Hall–Kier alpha value is -1.47. The normalized spacial score (nSPS) is 16.3. The van der Waals surface area contributed by atoms with E-state index < -0.39 is 11.1 Å². The molecule has 2 amide bonds. The lowest BCUT2D eigenvalue weighted by molar-refractivity contribution is -0.113. The lowest BCUT2D eigenvalue weighted by atomic mass is 10.2. The Morgan fingerprint density at radius 3 is 2.62 bits per heavy atom. The van der Waals surface area contributed by atoms with Crippen LogP contribution < -0.4 is 4.90 Å². The number of hydrogen-bond acceptors (Lipinski definition) is 4. The average molecular weight is 445 g/mol. The molecule has 1 heterocycles. The molecule has 2 aromatic rings. The van der Waals surface area contributed by atoms with Gasteiger partial charge in [0.2, 0.25) is 0 Å². The summed E-state index contributed by atoms with van der Waals surface area (Å²) in [4.78, 5) is 26.0. The summed E-state index contributed by atoms with van der Waals surface area (Å²) in [6, 6.07) is 9.61. The number of benzene rings is 2. The van der Waals surface area contributed by atoms with Crippen LogP contribution in [0.1, 0.15) is 5.56 Å². The van der Waals surface area contributed by atoms with E-state index >= 15 is 0 Å². The fourth-order valence-electron chi connectivity index (χ4n) is 2.14. The average Bonchev–Trinajstić information content (AvgIpc) is 2.78. The number of rotatable bonds is 2. The van der Waals surface area contributed by atoms with Gasteiger partial charge >= 0.3 is 0 Å². The summed E-state index contributed by atoms with van der Waals surface area (Å²) < 4.78 is 0.644. The first-order chi connectivity index (χ1) is 11.4. The molecule has 0 spiro atoms. The van der Waals surface area contributed by atoms with Crippen molar-refractivity contribution in [1.29, 1.82) is 0 Å². The first-order valence-corrected chi connectivity index (χ1v) is 8.95. The number of phenols is 1. The molecule has 122 valence electrons. The van der Waals surface area contributed by atoms with E-state index in [0.717, 1.165) is 16.7 Å². The van der Waals surface area contributed by atoms with Crippen molar-refractivity contribution in [1.82, 2.24) is 0 Å². The highest BCUT2D eigenvalue weighted by Gasteiger charge is 2.36. The molecule has 0 unspecified atom stereocenters. The zero-order valence-corrected chi connectivity index (χ0v) is 15.7. The second-order valence-electron chi connectivity index (χ2n) is 4.82. The third-order valence-corrected chi connectivity index (χ3v) is 5.06. The molecule has 0 atom stereocenters. The van der Waals surface area contributed by atoms with Crippen LogP contribution in [0, 0.1) is 0 Å². The molecule has 0 aliphatic carbocycles. The van der Waals surface area contributed by atoms with Crippen molar-refractivity contribution in [3.63, 3.8) is 0 Å². The van der Waals surface area contributed by atoms with Crippen molar-refractivity contribution in [2.45, 2.75) is 0 Å². The van der Waals surface area contributed by atoms with Crippen LogP contribution in [0.5, 0.6) is 5.75 Å². The molecular formula is C16H8BrCl2NO3S. The topological polar surface area (TPSA) is 57.6 Å². The Morgan fingerprint density at radius 1 is 1.17 bits per heavy atom. The Kier molecular flexibility index (Phi) is 4.92. The van der Waals surface area contributed by atoms with Gasteiger partial charge in [0.05, 0.1) is 15.6 Å². The number of thioether (sulfide) groups is 1. The maximum absolute atomic E-state index is 12.6. The Morgan fingerprint density at radius 2 is 1.92 bits per heavy atom. The zero-order chi connectivity index (χ0) is 17.4. The quantitative estimate of drug-likeness (QED) is 0.603. The number of aromatic hydroxyl groups is 1. The van der Waals surface area contributed by atoms with Gasteiger partial charge in [0, 0.05) is 15.1 Å². The van der Waals surface area contributed by atoms with Gasteiger partial charge in [-0.2, -0.15) is 0 Å². The molecule has 0 bridgehead atoms. The summed E-state index contributed by atoms with van der Waals surface area (Å²) in [5, 5.41) is 10.2. The van der Waals surface area contributed by atoms with Gasteiger partial charge in [-0.25, -0.2) is 4.90 Å². The van der Waals surface area contributed by atoms with Crippen LogP contribution in [0.2, 0.25) is 10.0 Å². The molecule has 1 aliphatic heterocycles. The lowest BCUT2D eigenvalue weighted by Gasteiger charge is -2.12. The number of carbonyl (C=O) groups excluding carboxylic acids is 2. The van der Waals surface area contributed by atoms with Crippen molar-refractivity contribution >= 4 is 73.8 Å². The van der Waals surface area contributed by atoms with E-state index in [1.807, 2.05) is 0 Å². The Balaban J connectivity index is 2.00. The molecule has 8 heteroatoms. The van der Waals surface area contributed by atoms with E-state index in [9.17, 15) is 14.7 Å². The first-order valence-electron chi connectivity index (χ1n) is 6.58. The highest BCUT2D eigenvalue weighted by Crippen LogP contribution is 2.39. The van der Waals surface area contributed by atoms with Crippen LogP contribution in [0.3, 0.4) is 0 Å². The van der Waals surface area contributed by atoms with E-state index in [0.29, 0.717) is 20.7 Å². The van der Waals surface area contributed by atoms with E-state index in [1.54, 1.807) is 24.3 Å². The number of nitrogens with zero attached hydrogens (tertiary/aromatic N) is 1. The van der Waals surface area contributed by atoms with Gasteiger partial charge < -0.3 is 5.11 Å². The van der Waals surface area contributed by atoms with Gasteiger partial charge in [-0.15, -0.1) is 0 Å². The largest absolute Gasteiger partial charge is 0.506 e. The summed E-state index contributed by atoms with van der Waals surface area (Å²) in [6.45, 7) is 0. The molecular weight excluding hydrogens is 437 g/mol. The predicted octanol–water partition coefficient (Wildman–Crippen LogP) is 5.70. The van der Waals surface area contributed by atoms with E-state index in [2.05, 4.69) is 15.9 Å². The maximum atomic E-state index is 12.6. The number of carbonyl (C=O) groups is 2. The van der Waals surface area contributed by atoms with Gasteiger partial charge in [0.15, 0.2) is 0 Å². The molecule has 1 N–H and O–H groups in total. The molecule has 4 nitrogen and oxygen atoms in total. The molecule has 0 saturated carbocycles. The molecule has 3 rings (SSSR count). The standard InChI is InChI=1S/C16H8BrCl2NO3S/c17-9-4-8(14(21)12(19)6-9)5-13-15(22)20(16(23)24-13)11-3-1-2-10(18)7-11/h1-7,21H/b13-5-. The molecule has 2 aromatic carbocycles. The van der Waals surface area contributed by atoms with Crippen LogP contribution >= 0.6 is 50.9 Å². The number of hydrogen-bond donors (Lipinski definition) is 1. The molecule has 1 saturated heterocycles. The van der Waals surface area contributed by atoms with E-state index in [4.69, 9.17) is 23.2 Å². The van der Waals surface area contributed by atoms with Gasteiger partial charge in [-0.1, -0.05) is 45.2 Å². The summed E-state index contributed by atoms with van der Waals surface area (Å²) in [5.74, 6) is -0.641. The monoisotopic (exact) mass is 443 g/mol. The minimum absolute atomic E-state index is 0.143. The van der Waals surface area contributed by atoms with Crippen LogP contribution in [0.25, 0.3) is 6.08 Å². The third kappa shape index (κ3) is 3.32. The third-order valence-electron chi connectivity index (χ3n) is 3.20. The number of halogens is 3. The minimum atomic E-state index is -0.484. The number of phenolic OH excluding ortho intramolecular Hbond substituents is 1. The Bertz CT molecular complexity index is 901. The number of imide groups is 1. The van der Waals surface area contributed by atoms with Crippen LogP contribution in [0.4, 0.5) is 10.5 Å². The highest BCUT2D eigenvalue weighted by molar-refractivity contribution is 9.10. The molecule has 0 aromatic heterocycles. The van der Waals surface area contributed by atoms with E-state index in [-0.39, 0.29) is 15.7 Å². The fourth-order valence-corrected chi connectivity index (χ4v) is 3.99. The van der Waals surface area contributed by atoms with Gasteiger partial charge in [-0.05, 0) is 48.2 Å². The van der Waals surface area contributed by atoms with Gasteiger partial charge in [0.1, 0.15) is 5.75 Å². The van der Waals surface area contributed by atoms with Gasteiger partial charge in [0.25, 0.3) is 11.1 Å². The van der Waals surface area contributed by atoms with Crippen LogP contribution in [-0.2, 0) is 4.79 Å². The molecule has 0 radical (unpaired) electrons. The minimum Gasteiger partial charge on any atom is -0.506 e. The van der Waals surface area contributed by atoms with Crippen molar-refractivity contribution in [3.05, 3.63) is 61.4 Å². The lowest BCUT2D eigenvalue weighted by Crippen LogP contribution is -2.27. The first kappa shape index (κ1) is 17.4. The van der Waals surface area contributed by atoms with Crippen molar-refractivity contribution in [2.24, 2.45) is 0 Å². The van der Waals surface area contributed by atoms with E-state index in [1.165, 1.54) is 18.2 Å². The van der Waals surface area contributed by atoms with Crippen molar-refractivity contribution in [3.8, 4) is 5.75 Å². The summed E-state index contributed by atoms with van der Waals surface area (Å²) in [6.07, 6.45) is 1.43. The van der Waals surface area contributed by atoms with Crippen LogP contribution in [-0.4, -0.2) is 16.3 Å². The number of amides is 2. The zero-order valence-electron chi connectivity index (χ0n) is 11.8. The molecule has 1 aliphatic rings. The predicted molar refractivity (Wildman–Crippen MR) is 101 cm³/mol. The second-order valence-corrected chi connectivity index (χ2v) is 7.57. The second kappa shape index (κ2) is 6.80. The molecule has 1 fully saturated rings. The SMILES string of the molecule is O=C1S/C(=C\c2cc(Br)cc(Cl)c2O)C(=O)N1c1cccc(Cl)c1. The smallest absolute Gasteiger partial charge is 0.298 e. The fraction of sp³-hybridized carbons (Fsp3) is 0. The van der Waals surface area contributed by atoms with Gasteiger partial charge in [-0.3, -0.25) is 9.59 Å². The summed E-state index contributed by atoms with van der Waals surface area (Å²) in [5.41, 5.74) is 0.732.